The molecule has 0 bridgehead atoms. The molecule has 3 heterocycles. The number of alkyl halides is 3. The number of fused-ring (bicyclic) bond motifs is 1. The molecule has 0 unspecified atom stereocenters. The van der Waals surface area contributed by atoms with Crippen molar-refractivity contribution in [1.82, 2.24) is 35.5 Å². The molecule has 0 aromatic carbocycles. The monoisotopic (exact) mass is 559 g/mol. The van der Waals surface area contributed by atoms with Crippen molar-refractivity contribution in [2.24, 2.45) is 17.8 Å². The number of aryl methyl sites for hydroxylation is 1. The molecule has 3 aromatic rings. The Bertz CT molecular complexity index is 1390. The fraction of sp³-hybridized carbons (Fsp3) is 0.630. The third-order valence-corrected chi connectivity index (χ3v) is 8.49. The summed E-state index contributed by atoms with van der Waals surface area (Å²) in [6.07, 6.45) is 5.68. The van der Waals surface area contributed by atoms with Crippen LogP contribution in [-0.2, 0) is 4.79 Å². The zero-order chi connectivity index (χ0) is 28.0. The maximum absolute atomic E-state index is 13.9. The predicted molar refractivity (Wildman–Crippen MR) is 135 cm³/mol. The molecule has 40 heavy (non-hydrogen) atoms. The van der Waals surface area contributed by atoms with E-state index in [4.69, 9.17) is 4.98 Å². The summed E-state index contributed by atoms with van der Waals surface area (Å²) in [5.41, 5.74) is 2.19. The lowest BCUT2D eigenvalue weighted by atomic mass is 9.81. The van der Waals surface area contributed by atoms with Crippen LogP contribution in [0.25, 0.3) is 5.65 Å². The largest absolute Gasteiger partial charge is 0.349 e. The van der Waals surface area contributed by atoms with Crippen LogP contribution in [0.2, 0.25) is 0 Å². The molecule has 214 valence electrons. The first-order valence-electron chi connectivity index (χ1n) is 13.9. The molecule has 2 atom stereocenters. The number of halogens is 3. The third-order valence-electron chi connectivity index (χ3n) is 8.49. The minimum absolute atomic E-state index is 0.0299. The molecular formula is C27H32F3N7O3. The van der Waals surface area contributed by atoms with Gasteiger partial charge in [-0.3, -0.25) is 9.59 Å². The van der Waals surface area contributed by atoms with E-state index in [1.807, 2.05) is 6.07 Å². The Hall–Kier alpha value is -3.51. The van der Waals surface area contributed by atoms with Gasteiger partial charge in [0.2, 0.25) is 11.8 Å². The van der Waals surface area contributed by atoms with Crippen molar-refractivity contribution in [3.05, 3.63) is 41.1 Å². The van der Waals surface area contributed by atoms with Crippen molar-refractivity contribution in [3.63, 3.8) is 0 Å². The van der Waals surface area contributed by atoms with Crippen LogP contribution in [0.1, 0.15) is 97.3 Å². The lowest BCUT2D eigenvalue weighted by Gasteiger charge is -2.33. The lowest BCUT2D eigenvalue weighted by Crippen LogP contribution is -2.37. The van der Waals surface area contributed by atoms with Gasteiger partial charge in [0.05, 0.1) is 30.2 Å². The van der Waals surface area contributed by atoms with Gasteiger partial charge in [-0.25, -0.2) is 27.3 Å². The Balaban J connectivity index is 1.24. The van der Waals surface area contributed by atoms with Crippen molar-refractivity contribution >= 4 is 17.5 Å². The van der Waals surface area contributed by atoms with Crippen molar-refractivity contribution in [2.45, 2.75) is 88.9 Å². The van der Waals surface area contributed by atoms with Crippen molar-refractivity contribution in [3.8, 4) is 0 Å². The second-order valence-corrected chi connectivity index (χ2v) is 11.6. The Morgan fingerprint density at radius 1 is 1.10 bits per heavy atom. The number of nitrogens with one attached hydrogen (secondary N) is 2. The second kappa shape index (κ2) is 10.5. The standard InChI is InChI=1S/C27H32F3N7O3/c1-14-23(36-40-35-14)26(39)34-25(17-4-6-27(29,30)7-5-17)20-13-37-21(32-20)11-18(12-31-37)24(16-2-3-16)33-22(38)10-15-8-19(28)9-15/h11-13,15-17,19,24-25H,2-10H2,1H3,(H,33,38)(H,34,39)/t15-,19-,24-,25+/m1/s1. The molecular weight excluding hydrogens is 527 g/mol. The molecule has 13 heteroatoms. The maximum atomic E-state index is 13.9. The maximum Gasteiger partial charge on any atom is 0.276 e. The number of rotatable bonds is 9. The molecule has 0 saturated heterocycles. The lowest BCUT2D eigenvalue weighted by molar-refractivity contribution is -0.124. The first-order chi connectivity index (χ1) is 19.1. The van der Waals surface area contributed by atoms with Crippen LogP contribution in [0.3, 0.4) is 0 Å². The molecule has 0 aliphatic heterocycles. The van der Waals surface area contributed by atoms with Crippen LogP contribution in [0.4, 0.5) is 13.2 Å². The van der Waals surface area contributed by atoms with Crippen LogP contribution in [-0.4, -0.2) is 48.8 Å². The number of nitrogens with zero attached hydrogens (tertiary/aromatic N) is 5. The summed E-state index contributed by atoms with van der Waals surface area (Å²) >= 11 is 0. The molecule has 10 nitrogen and oxygen atoms in total. The molecule has 3 aliphatic carbocycles. The molecule has 0 radical (unpaired) electrons. The third kappa shape index (κ3) is 5.68. The minimum Gasteiger partial charge on any atom is -0.349 e. The smallest absolute Gasteiger partial charge is 0.276 e. The number of hydrogen-bond acceptors (Lipinski definition) is 7. The summed E-state index contributed by atoms with van der Waals surface area (Å²) < 4.78 is 47.3. The average molecular weight is 560 g/mol. The summed E-state index contributed by atoms with van der Waals surface area (Å²) in [6, 6.07) is 0.996. The number of amides is 2. The molecule has 0 spiro atoms. The van der Waals surface area contributed by atoms with Crippen LogP contribution >= 0.6 is 0 Å². The topological polar surface area (TPSA) is 127 Å². The molecule has 3 aliphatic rings. The van der Waals surface area contributed by atoms with E-state index in [0.29, 0.717) is 42.2 Å². The highest BCUT2D eigenvalue weighted by molar-refractivity contribution is 5.93. The van der Waals surface area contributed by atoms with E-state index in [1.165, 1.54) is 0 Å². The summed E-state index contributed by atoms with van der Waals surface area (Å²) in [5.74, 6) is -3.20. The fourth-order valence-corrected chi connectivity index (χ4v) is 5.92. The fourth-order valence-electron chi connectivity index (χ4n) is 5.92. The van der Waals surface area contributed by atoms with Crippen molar-refractivity contribution < 1.29 is 27.4 Å². The summed E-state index contributed by atoms with van der Waals surface area (Å²) in [4.78, 5) is 30.4. The first kappa shape index (κ1) is 26.7. The molecule has 2 N–H and O–H groups in total. The molecule has 3 aromatic heterocycles. The van der Waals surface area contributed by atoms with Crippen LogP contribution in [0.15, 0.2) is 23.1 Å². The molecule has 3 saturated carbocycles. The number of aromatic nitrogens is 5. The zero-order valence-corrected chi connectivity index (χ0v) is 22.2. The highest BCUT2D eigenvalue weighted by Crippen LogP contribution is 2.43. The van der Waals surface area contributed by atoms with Crippen LogP contribution in [0.5, 0.6) is 0 Å². The average Bonchev–Trinajstić information content (AvgIpc) is 3.50. The minimum atomic E-state index is -2.72. The second-order valence-electron chi connectivity index (χ2n) is 11.6. The van der Waals surface area contributed by atoms with E-state index in [-0.39, 0.29) is 55.2 Å². The Labute approximate surface area is 228 Å². The first-order valence-corrected chi connectivity index (χ1v) is 13.9. The number of carbonyl (C=O) groups is 2. The van der Waals surface area contributed by atoms with E-state index in [2.05, 4.69) is 30.7 Å². The highest BCUT2D eigenvalue weighted by atomic mass is 19.3. The Morgan fingerprint density at radius 2 is 1.82 bits per heavy atom. The SMILES string of the molecule is Cc1nonc1C(=O)N[C@H](c1cn2ncc([C@H](NC(=O)C[C@H]3C[C@H](F)C3)C3CC3)cc2n1)C1CCC(F)(F)CC1. The Kier molecular flexibility index (Phi) is 6.99. The van der Waals surface area contributed by atoms with Gasteiger partial charge in [0, 0.05) is 19.3 Å². The summed E-state index contributed by atoms with van der Waals surface area (Å²) in [5, 5.41) is 17.9. The van der Waals surface area contributed by atoms with Crippen molar-refractivity contribution in [2.75, 3.05) is 0 Å². The predicted octanol–water partition coefficient (Wildman–Crippen LogP) is 4.42. The van der Waals surface area contributed by atoms with Crippen molar-refractivity contribution in [1.29, 1.82) is 0 Å². The van der Waals surface area contributed by atoms with E-state index in [1.54, 1.807) is 23.8 Å². The van der Waals surface area contributed by atoms with Gasteiger partial charge in [-0.15, -0.1) is 0 Å². The van der Waals surface area contributed by atoms with Gasteiger partial charge in [0.15, 0.2) is 11.3 Å². The van der Waals surface area contributed by atoms with Gasteiger partial charge >= 0.3 is 0 Å². The van der Waals surface area contributed by atoms with Gasteiger partial charge in [-0.1, -0.05) is 5.16 Å². The summed E-state index contributed by atoms with van der Waals surface area (Å²) in [6.45, 7) is 1.59. The van der Waals surface area contributed by atoms with Gasteiger partial charge in [-0.05, 0) is 80.0 Å². The van der Waals surface area contributed by atoms with Gasteiger partial charge in [-0.2, -0.15) is 5.10 Å². The Morgan fingerprint density at radius 3 is 2.48 bits per heavy atom. The summed E-state index contributed by atoms with van der Waals surface area (Å²) in [7, 11) is 0. The quantitative estimate of drug-likeness (QED) is 0.397. The number of imidazole rings is 1. The number of hydrogen-bond donors (Lipinski definition) is 2. The molecule has 2 amide bonds. The van der Waals surface area contributed by atoms with E-state index >= 15 is 0 Å². The van der Waals surface area contributed by atoms with Crippen LogP contribution in [0, 0.1) is 24.7 Å². The number of carbonyl (C=O) groups excluding carboxylic acids is 2. The molecule has 6 rings (SSSR count). The van der Waals surface area contributed by atoms with Gasteiger partial charge in [0.25, 0.3) is 5.91 Å². The normalized spacial score (nSPS) is 24.3. The highest BCUT2D eigenvalue weighted by Gasteiger charge is 2.40. The van der Waals surface area contributed by atoms with E-state index in [9.17, 15) is 22.8 Å². The zero-order valence-electron chi connectivity index (χ0n) is 22.2. The van der Waals surface area contributed by atoms with E-state index < -0.39 is 24.0 Å². The molecule has 3 fully saturated rings. The van der Waals surface area contributed by atoms with E-state index in [0.717, 1.165) is 18.4 Å². The van der Waals surface area contributed by atoms with Gasteiger partial charge in [0.1, 0.15) is 11.9 Å². The van der Waals surface area contributed by atoms with Crippen LogP contribution < -0.4 is 10.6 Å². The van der Waals surface area contributed by atoms with Gasteiger partial charge < -0.3 is 10.6 Å².